The van der Waals surface area contributed by atoms with Crippen molar-refractivity contribution >= 4 is 102 Å². The van der Waals surface area contributed by atoms with Crippen LogP contribution in [0, 0.1) is 0 Å². The molecule has 58 heavy (non-hydrogen) atoms. The Bertz CT molecular complexity index is 3670. The van der Waals surface area contributed by atoms with Crippen molar-refractivity contribution in [2.75, 3.05) is 0 Å². The molecule has 4 heterocycles. The summed E-state index contributed by atoms with van der Waals surface area (Å²) in [7, 11) is 0. The molecule has 0 fully saturated rings. The van der Waals surface area contributed by atoms with Gasteiger partial charge in [0.1, 0.15) is 0 Å². The Morgan fingerprint density at radius 1 is 0.431 bits per heavy atom. The van der Waals surface area contributed by atoms with Crippen molar-refractivity contribution in [1.82, 2.24) is 9.13 Å². The number of benzene rings is 8. The number of rotatable bonds is 4. The summed E-state index contributed by atoms with van der Waals surface area (Å²) < 4.78 is 10.3. The summed E-state index contributed by atoms with van der Waals surface area (Å²) in [6.45, 7) is 0. The monoisotopic (exact) mass is 774 g/mol. The fraction of sp³-hybridized carbons (Fsp3) is 0.0370. The van der Waals surface area contributed by atoms with Crippen LogP contribution in [0.25, 0.3) is 102 Å². The first-order valence-electron chi connectivity index (χ1n) is 20.0. The molecule has 0 radical (unpaired) electrons. The van der Waals surface area contributed by atoms with Gasteiger partial charge in [-0.25, -0.2) is 0 Å². The number of hydrogen-bond donors (Lipinski definition) is 0. The van der Waals surface area contributed by atoms with Gasteiger partial charge in [0.25, 0.3) is 0 Å². The topological polar surface area (TPSA) is 9.86 Å². The molecule has 12 aromatic rings. The zero-order chi connectivity index (χ0) is 37.9. The number of nitrogens with zero attached hydrogens (tertiary/aromatic N) is 2. The molecular formula is C54H34N2S2. The van der Waals surface area contributed by atoms with Gasteiger partial charge in [0.15, 0.2) is 0 Å². The lowest BCUT2D eigenvalue weighted by Gasteiger charge is -2.23. The third-order valence-electron chi connectivity index (χ3n) is 12.5. The number of thiophene rings is 2. The van der Waals surface area contributed by atoms with Crippen LogP contribution in [-0.2, 0) is 0 Å². The van der Waals surface area contributed by atoms with E-state index in [0.29, 0.717) is 0 Å². The molecule has 1 aliphatic carbocycles. The van der Waals surface area contributed by atoms with Crippen molar-refractivity contribution in [3.63, 3.8) is 0 Å². The molecule has 1 atom stereocenters. The minimum absolute atomic E-state index is 0.183. The fourth-order valence-electron chi connectivity index (χ4n) is 10.1. The van der Waals surface area contributed by atoms with Crippen molar-refractivity contribution in [3.05, 3.63) is 199 Å². The molecule has 0 spiro atoms. The van der Waals surface area contributed by atoms with Gasteiger partial charge in [0, 0.05) is 84.9 Å². The van der Waals surface area contributed by atoms with Gasteiger partial charge in [-0.05, 0) is 78.2 Å². The Hall–Kier alpha value is -6.72. The third kappa shape index (κ3) is 4.53. The van der Waals surface area contributed by atoms with Crippen LogP contribution in [-0.4, -0.2) is 9.13 Å². The molecule has 4 aromatic heterocycles. The summed E-state index contributed by atoms with van der Waals surface area (Å²) >= 11 is 3.83. The van der Waals surface area contributed by atoms with Crippen LogP contribution in [0.3, 0.4) is 0 Å². The van der Waals surface area contributed by atoms with E-state index in [4.69, 9.17) is 0 Å². The molecule has 8 aromatic carbocycles. The summed E-state index contributed by atoms with van der Waals surface area (Å²) in [5.74, 6) is 0.183. The normalized spacial score (nSPS) is 14.2. The number of allylic oxidation sites excluding steroid dienone is 1. The SMILES string of the molecule is C1=Cc2c(c3ccccc3n2-c2cc(-c3cccc4c3sc3ccccc34)c3sc4ccccc4c3c2)C(c2cccc3c2c2ccccc2n3-c2ccccc2)C1. The minimum Gasteiger partial charge on any atom is -0.310 e. The molecule has 1 unspecified atom stereocenters. The van der Waals surface area contributed by atoms with Crippen molar-refractivity contribution in [2.24, 2.45) is 0 Å². The lowest BCUT2D eigenvalue weighted by atomic mass is 9.82. The largest absolute Gasteiger partial charge is 0.310 e. The predicted molar refractivity (Wildman–Crippen MR) is 251 cm³/mol. The second-order valence-electron chi connectivity index (χ2n) is 15.5. The van der Waals surface area contributed by atoms with Crippen molar-refractivity contribution in [3.8, 4) is 22.5 Å². The van der Waals surface area contributed by atoms with Crippen LogP contribution in [0.15, 0.2) is 182 Å². The van der Waals surface area contributed by atoms with Crippen LogP contribution in [0.2, 0.25) is 0 Å². The highest BCUT2D eigenvalue weighted by Gasteiger charge is 2.30. The first-order chi connectivity index (χ1) is 28.8. The standard InChI is InChI=1S/C54H34N2S2/c1-2-15-33(16-3-1)55-45-25-8-4-19-41(45)51-37(21-13-27-47(51)55)38-22-14-28-48-52(38)42-20-5-9-26-46(42)56(48)34-31-43-36-18-7-11-30-50(36)58-54(43)44(32-34)40-24-12-23-39-35-17-6-10-29-49(35)57-53(39)40/h1-21,23-32,38H,22H2. The van der Waals surface area contributed by atoms with E-state index in [0.717, 1.165) is 6.42 Å². The second-order valence-corrected chi connectivity index (χ2v) is 17.6. The van der Waals surface area contributed by atoms with E-state index in [1.54, 1.807) is 0 Å². The molecule has 0 amide bonds. The maximum atomic E-state index is 2.56. The maximum absolute atomic E-state index is 2.56. The highest BCUT2D eigenvalue weighted by atomic mass is 32.1. The summed E-state index contributed by atoms with van der Waals surface area (Å²) in [6, 6.07) is 65.4. The van der Waals surface area contributed by atoms with Crippen LogP contribution in [0.1, 0.15) is 29.2 Å². The quantitative estimate of drug-likeness (QED) is 0.169. The minimum atomic E-state index is 0.183. The molecule has 1 aliphatic rings. The van der Waals surface area contributed by atoms with Gasteiger partial charge >= 0.3 is 0 Å². The van der Waals surface area contributed by atoms with Gasteiger partial charge in [-0.15, -0.1) is 22.7 Å². The average molecular weight is 775 g/mol. The first kappa shape index (κ1) is 32.4. The summed E-state index contributed by atoms with van der Waals surface area (Å²) in [6.07, 6.45) is 5.74. The van der Waals surface area contributed by atoms with Gasteiger partial charge in [0.05, 0.1) is 22.2 Å². The van der Waals surface area contributed by atoms with Gasteiger partial charge < -0.3 is 9.13 Å². The lowest BCUT2D eigenvalue weighted by Crippen LogP contribution is -2.08. The molecule has 0 aliphatic heterocycles. The number of aromatic nitrogens is 2. The summed E-state index contributed by atoms with van der Waals surface area (Å²) in [5, 5.41) is 9.24. The van der Waals surface area contributed by atoms with Crippen LogP contribution >= 0.6 is 22.7 Å². The molecule has 0 saturated heterocycles. The van der Waals surface area contributed by atoms with Crippen molar-refractivity contribution in [2.45, 2.75) is 12.3 Å². The molecule has 0 N–H and O–H groups in total. The van der Waals surface area contributed by atoms with Crippen molar-refractivity contribution < 1.29 is 0 Å². The van der Waals surface area contributed by atoms with E-state index in [9.17, 15) is 0 Å². The van der Waals surface area contributed by atoms with Gasteiger partial charge in [-0.3, -0.25) is 0 Å². The van der Waals surface area contributed by atoms with Gasteiger partial charge in [0.2, 0.25) is 0 Å². The molecule has 0 saturated carbocycles. The van der Waals surface area contributed by atoms with E-state index in [-0.39, 0.29) is 5.92 Å². The smallest absolute Gasteiger partial charge is 0.0544 e. The van der Waals surface area contributed by atoms with Gasteiger partial charge in [-0.2, -0.15) is 0 Å². The summed E-state index contributed by atoms with van der Waals surface area (Å²) in [4.78, 5) is 0. The zero-order valence-electron chi connectivity index (χ0n) is 31.4. The molecule has 0 bridgehead atoms. The predicted octanol–water partition coefficient (Wildman–Crippen LogP) is 15.7. The molecule has 13 rings (SSSR count). The van der Waals surface area contributed by atoms with E-state index in [1.807, 2.05) is 22.7 Å². The van der Waals surface area contributed by atoms with Gasteiger partial charge in [-0.1, -0.05) is 127 Å². The lowest BCUT2D eigenvalue weighted by molar-refractivity contribution is 0.826. The average Bonchev–Trinajstić information content (AvgIpc) is 4.04. The van der Waals surface area contributed by atoms with Crippen molar-refractivity contribution in [1.29, 1.82) is 0 Å². The summed E-state index contributed by atoms with van der Waals surface area (Å²) in [5.41, 5.74) is 12.8. The van der Waals surface area contributed by atoms with Crippen LogP contribution < -0.4 is 0 Å². The van der Waals surface area contributed by atoms with Crippen LogP contribution in [0.5, 0.6) is 0 Å². The highest BCUT2D eigenvalue weighted by molar-refractivity contribution is 7.27. The Morgan fingerprint density at radius 3 is 1.83 bits per heavy atom. The Labute approximate surface area is 342 Å². The number of para-hydroxylation sites is 3. The second kappa shape index (κ2) is 12.4. The Kier molecular flexibility index (Phi) is 6.91. The Morgan fingerprint density at radius 2 is 1.03 bits per heavy atom. The molecule has 272 valence electrons. The first-order valence-corrected chi connectivity index (χ1v) is 21.7. The van der Waals surface area contributed by atoms with E-state index in [2.05, 4.69) is 197 Å². The third-order valence-corrected chi connectivity index (χ3v) is 14.9. The van der Waals surface area contributed by atoms with Crippen LogP contribution in [0.4, 0.5) is 0 Å². The highest BCUT2D eigenvalue weighted by Crippen LogP contribution is 2.50. The van der Waals surface area contributed by atoms with E-state index < -0.39 is 0 Å². The number of hydrogen-bond acceptors (Lipinski definition) is 2. The molecular weight excluding hydrogens is 741 g/mol. The fourth-order valence-corrected chi connectivity index (χ4v) is 12.5. The van der Waals surface area contributed by atoms with E-state index in [1.165, 1.54) is 112 Å². The zero-order valence-corrected chi connectivity index (χ0v) is 33.0. The number of fused-ring (bicyclic) bond motifs is 12. The van der Waals surface area contributed by atoms with E-state index >= 15 is 0 Å². The maximum Gasteiger partial charge on any atom is 0.0544 e. The molecule has 4 heteroatoms. The Balaban J connectivity index is 1.09. The molecule has 2 nitrogen and oxygen atoms in total.